The fourth-order valence-electron chi connectivity index (χ4n) is 5.02. The minimum Gasteiger partial charge on any atom is -0.481 e. The second-order valence-electron chi connectivity index (χ2n) is 12.5. The summed E-state index contributed by atoms with van der Waals surface area (Å²) < 4.78 is 0. The number of carbonyl (C=O) groups is 1. The molecule has 0 aliphatic carbocycles. The second kappa shape index (κ2) is 38.9. The van der Waals surface area contributed by atoms with Crippen molar-refractivity contribution in [2.45, 2.75) is 194 Å². The lowest BCUT2D eigenvalue weighted by Crippen LogP contribution is -2.12. The molecule has 0 amide bonds. The lowest BCUT2D eigenvalue weighted by Gasteiger charge is -2.08. The van der Waals surface area contributed by atoms with Crippen molar-refractivity contribution in [1.29, 1.82) is 0 Å². The van der Waals surface area contributed by atoms with E-state index in [1.165, 1.54) is 167 Å². The van der Waals surface area contributed by atoms with Gasteiger partial charge in [-0.15, -0.1) is 0 Å². The van der Waals surface area contributed by atoms with Crippen molar-refractivity contribution in [3.8, 4) is 0 Å². The summed E-state index contributed by atoms with van der Waals surface area (Å²) in [6.07, 6.45) is 45.6. The van der Waals surface area contributed by atoms with E-state index in [0.29, 0.717) is 6.42 Å². The van der Waals surface area contributed by atoms with Gasteiger partial charge in [0.25, 0.3) is 0 Å². The Hall–Kier alpha value is -1.09. The van der Waals surface area contributed by atoms with Crippen LogP contribution in [-0.4, -0.2) is 36.6 Å². The van der Waals surface area contributed by atoms with Crippen LogP contribution in [0.15, 0.2) is 24.3 Å². The van der Waals surface area contributed by atoms with Crippen LogP contribution < -0.4 is 0 Å². The van der Waals surface area contributed by atoms with Crippen molar-refractivity contribution < 1.29 is 9.90 Å². The molecular formula is C38H75NO2. The Morgan fingerprint density at radius 1 is 0.463 bits per heavy atom. The van der Waals surface area contributed by atoms with Crippen molar-refractivity contribution in [1.82, 2.24) is 4.90 Å². The topological polar surface area (TPSA) is 40.5 Å². The molecule has 3 nitrogen and oxygen atoms in total. The summed E-state index contributed by atoms with van der Waals surface area (Å²) in [6, 6.07) is 0. The van der Waals surface area contributed by atoms with E-state index < -0.39 is 5.97 Å². The van der Waals surface area contributed by atoms with Crippen molar-refractivity contribution >= 4 is 5.97 Å². The standard InChI is InChI=1S/C20H41N.C18H34O2/c1-4-5-6-7-8-9-10-11-12-13-14-15-16-17-18-19-20-21(2)3;1-2-3-4-5-6-7-8-9-10-11-12-13-14-15-16-17-18(19)20/h11-12H,4-10,13-20H2,1-3H3;9-10H,2-8,11-17H2,1H3,(H,19,20). The maximum atomic E-state index is 10.3. The van der Waals surface area contributed by atoms with Gasteiger partial charge in [-0.05, 0) is 84.8 Å². The maximum Gasteiger partial charge on any atom is 0.303 e. The van der Waals surface area contributed by atoms with Crippen LogP contribution in [0.5, 0.6) is 0 Å². The minimum atomic E-state index is -0.664. The van der Waals surface area contributed by atoms with Crippen LogP contribution in [0.4, 0.5) is 0 Å². The van der Waals surface area contributed by atoms with Gasteiger partial charge in [-0.1, -0.05) is 147 Å². The normalized spacial score (nSPS) is 11.5. The van der Waals surface area contributed by atoms with Gasteiger partial charge < -0.3 is 10.0 Å². The number of unbranched alkanes of at least 4 members (excludes halogenated alkanes) is 23. The second-order valence-corrected chi connectivity index (χ2v) is 12.5. The quantitative estimate of drug-likeness (QED) is 0.0658. The molecule has 0 atom stereocenters. The molecule has 0 aromatic rings. The molecule has 0 saturated heterocycles. The molecule has 41 heavy (non-hydrogen) atoms. The summed E-state index contributed by atoms with van der Waals surface area (Å²) in [5.74, 6) is -0.664. The summed E-state index contributed by atoms with van der Waals surface area (Å²) in [5, 5.41) is 8.51. The van der Waals surface area contributed by atoms with Crippen LogP contribution in [0.1, 0.15) is 194 Å². The van der Waals surface area contributed by atoms with Gasteiger partial charge in [0.15, 0.2) is 0 Å². The number of rotatable bonds is 31. The molecule has 0 aromatic heterocycles. The molecule has 0 bridgehead atoms. The number of hydrogen-bond donors (Lipinski definition) is 1. The Morgan fingerprint density at radius 2 is 0.756 bits per heavy atom. The van der Waals surface area contributed by atoms with E-state index in [0.717, 1.165) is 12.8 Å². The summed E-state index contributed by atoms with van der Waals surface area (Å²) in [4.78, 5) is 12.6. The van der Waals surface area contributed by atoms with Gasteiger partial charge >= 0.3 is 5.97 Å². The highest BCUT2D eigenvalue weighted by molar-refractivity contribution is 5.66. The smallest absolute Gasteiger partial charge is 0.303 e. The molecule has 0 radical (unpaired) electrons. The molecule has 0 saturated carbocycles. The number of aliphatic carboxylic acids is 1. The molecule has 3 heteroatoms. The zero-order valence-corrected chi connectivity index (χ0v) is 28.6. The predicted molar refractivity (Wildman–Crippen MR) is 185 cm³/mol. The molecule has 1 N–H and O–H groups in total. The lowest BCUT2D eigenvalue weighted by molar-refractivity contribution is -0.137. The maximum absolute atomic E-state index is 10.3. The van der Waals surface area contributed by atoms with E-state index in [1.807, 2.05) is 0 Å². The summed E-state index contributed by atoms with van der Waals surface area (Å²) in [7, 11) is 4.33. The molecule has 0 rings (SSSR count). The Bertz CT molecular complexity index is 540. The van der Waals surface area contributed by atoms with Crippen molar-refractivity contribution in [2.24, 2.45) is 0 Å². The number of carboxylic acid groups (broad SMARTS) is 1. The molecular weight excluding hydrogens is 502 g/mol. The van der Waals surface area contributed by atoms with Gasteiger partial charge in [0.1, 0.15) is 0 Å². The molecule has 0 aliphatic rings. The third-order valence-electron chi connectivity index (χ3n) is 7.77. The molecule has 0 aromatic carbocycles. The van der Waals surface area contributed by atoms with E-state index in [-0.39, 0.29) is 0 Å². The first-order valence-electron chi connectivity index (χ1n) is 18.2. The average Bonchev–Trinajstić information content (AvgIpc) is 2.95. The van der Waals surface area contributed by atoms with Crippen LogP contribution in [0.3, 0.4) is 0 Å². The Balaban J connectivity index is 0. The van der Waals surface area contributed by atoms with E-state index >= 15 is 0 Å². The molecule has 0 fully saturated rings. The van der Waals surface area contributed by atoms with Crippen LogP contribution >= 0.6 is 0 Å². The van der Waals surface area contributed by atoms with Gasteiger partial charge in [0.05, 0.1) is 0 Å². The van der Waals surface area contributed by atoms with Crippen LogP contribution in [0, 0.1) is 0 Å². The highest BCUT2D eigenvalue weighted by Gasteiger charge is 1.96. The van der Waals surface area contributed by atoms with Crippen molar-refractivity contribution in [3.63, 3.8) is 0 Å². The van der Waals surface area contributed by atoms with Crippen LogP contribution in [0.25, 0.3) is 0 Å². The molecule has 0 aliphatic heterocycles. The van der Waals surface area contributed by atoms with Crippen molar-refractivity contribution in [3.05, 3.63) is 24.3 Å². The summed E-state index contributed by atoms with van der Waals surface area (Å²) in [6.45, 7) is 5.79. The van der Waals surface area contributed by atoms with E-state index in [9.17, 15) is 4.79 Å². The number of hydrogen-bond acceptors (Lipinski definition) is 2. The van der Waals surface area contributed by atoms with E-state index in [4.69, 9.17) is 5.11 Å². The first-order valence-corrected chi connectivity index (χ1v) is 18.2. The van der Waals surface area contributed by atoms with Gasteiger partial charge in [-0.25, -0.2) is 0 Å². The Morgan fingerprint density at radius 3 is 1.07 bits per heavy atom. The molecule has 244 valence electrons. The monoisotopic (exact) mass is 578 g/mol. The Kier molecular flexibility index (Phi) is 39.9. The molecule has 0 heterocycles. The van der Waals surface area contributed by atoms with Crippen LogP contribution in [0.2, 0.25) is 0 Å². The SMILES string of the molecule is CCCCCCCCC=CCCCCCCCC(=O)O.CCCCCCCCC=CCCCCCCCCN(C)C. The summed E-state index contributed by atoms with van der Waals surface area (Å²) in [5.41, 5.74) is 0. The fourth-order valence-corrected chi connectivity index (χ4v) is 5.02. The van der Waals surface area contributed by atoms with Gasteiger partial charge in [0, 0.05) is 6.42 Å². The van der Waals surface area contributed by atoms with Crippen molar-refractivity contribution in [2.75, 3.05) is 20.6 Å². The highest BCUT2D eigenvalue weighted by Crippen LogP contribution is 2.11. The largest absolute Gasteiger partial charge is 0.481 e. The highest BCUT2D eigenvalue weighted by atomic mass is 16.4. The van der Waals surface area contributed by atoms with E-state index in [2.05, 4.69) is 57.1 Å². The third kappa shape index (κ3) is 46.1. The lowest BCUT2D eigenvalue weighted by atomic mass is 10.1. The van der Waals surface area contributed by atoms with Gasteiger partial charge in [-0.2, -0.15) is 0 Å². The van der Waals surface area contributed by atoms with Crippen LogP contribution in [-0.2, 0) is 4.79 Å². The first-order chi connectivity index (χ1) is 20.0. The average molecular weight is 578 g/mol. The molecule has 0 spiro atoms. The zero-order valence-electron chi connectivity index (χ0n) is 28.6. The Labute approximate surface area is 259 Å². The predicted octanol–water partition coefficient (Wildman–Crippen LogP) is 12.7. The third-order valence-corrected chi connectivity index (χ3v) is 7.77. The fraction of sp³-hybridized carbons (Fsp3) is 0.868. The number of carboxylic acids is 1. The minimum absolute atomic E-state index is 0.332. The first kappa shape index (κ1) is 42.0. The van der Waals surface area contributed by atoms with Gasteiger partial charge in [0.2, 0.25) is 0 Å². The number of nitrogens with zero attached hydrogens (tertiary/aromatic N) is 1. The molecule has 0 unspecified atom stereocenters. The van der Waals surface area contributed by atoms with E-state index in [1.54, 1.807) is 0 Å². The van der Waals surface area contributed by atoms with Gasteiger partial charge in [-0.3, -0.25) is 4.79 Å². The summed E-state index contributed by atoms with van der Waals surface area (Å²) >= 11 is 0. The zero-order chi connectivity index (χ0) is 30.5. The number of allylic oxidation sites excluding steroid dienone is 4.